The Morgan fingerprint density at radius 2 is 2.33 bits per heavy atom. The van der Waals surface area contributed by atoms with E-state index in [2.05, 4.69) is 23.3 Å². The SMILES string of the molecule is CCCc1nc(CC)c(C(=O)NC(C#N)c2cccs2)s1. The lowest BCUT2D eigenvalue weighted by Gasteiger charge is -2.09. The fourth-order valence-electron chi connectivity index (χ4n) is 1.96. The number of carbonyl (C=O) groups excluding carboxylic acids is 1. The van der Waals surface area contributed by atoms with Crippen LogP contribution in [0.2, 0.25) is 0 Å². The van der Waals surface area contributed by atoms with Crippen LogP contribution in [0.3, 0.4) is 0 Å². The molecule has 21 heavy (non-hydrogen) atoms. The summed E-state index contributed by atoms with van der Waals surface area (Å²) in [6, 6.07) is 5.27. The third-order valence-electron chi connectivity index (χ3n) is 2.98. The summed E-state index contributed by atoms with van der Waals surface area (Å²) in [6.07, 6.45) is 2.62. The predicted molar refractivity (Wildman–Crippen MR) is 85.6 cm³/mol. The lowest BCUT2D eigenvalue weighted by atomic mass is 10.2. The number of nitrogens with zero attached hydrogens (tertiary/aromatic N) is 2. The Kier molecular flexibility index (Phi) is 5.48. The van der Waals surface area contributed by atoms with Crippen molar-refractivity contribution in [2.45, 2.75) is 39.2 Å². The highest BCUT2D eigenvalue weighted by Crippen LogP contribution is 2.23. The second-order valence-corrected chi connectivity index (χ2v) is 6.60. The molecule has 0 spiro atoms. The number of hydrogen-bond donors (Lipinski definition) is 1. The number of nitriles is 1. The largest absolute Gasteiger partial charge is 0.331 e. The Balaban J connectivity index is 2.18. The van der Waals surface area contributed by atoms with E-state index in [0.29, 0.717) is 4.88 Å². The number of carbonyl (C=O) groups is 1. The summed E-state index contributed by atoms with van der Waals surface area (Å²) in [5.74, 6) is -0.202. The number of thiophene rings is 1. The van der Waals surface area contributed by atoms with E-state index in [4.69, 9.17) is 0 Å². The van der Waals surface area contributed by atoms with Crippen LogP contribution in [-0.2, 0) is 12.8 Å². The van der Waals surface area contributed by atoms with Gasteiger partial charge in [-0.2, -0.15) is 5.26 Å². The number of amides is 1. The van der Waals surface area contributed by atoms with Crippen molar-refractivity contribution in [2.75, 3.05) is 0 Å². The second kappa shape index (κ2) is 7.34. The van der Waals surface area contributed by atoms with Crippen LogP contribution in [-0.4, -0.2) is 10.9 Å². The first-order valence-electron chi connectivity index (χ1n) is 6.92. The van der Waals surface area contributed by atoms with Crippen molar-refractivity contribution in [3.05, 3.63) is 38.0 Å². The third kappa shape index (κ3) is 3.69. The molecule has 6 heteroatoms. The van der Waals surface area contributed by atoms with Crippen LogP contribution < -0.4 is 5.32 Å². The van der Waals surface area contributed by atoms with E-state index in [1.807, 2.05) is 24.4 Å². The number of thiazole rings is 1. The van der Waals surface area contributed by atoms with E-state index in [9.17, 15) is 10.1 Å². The van der Waals surface area contributed by atoms with E-state index < -0.39 is 6.04 Å². The van der Waals surface area contributed by atoms with E-state index in [1.54, 1.807) is 0 Å². The van der Waals surface area contributed by atoms with Crippen LogP contribution in [0, 0.1) is 11.3 Å². The van der Waals surface area contributed by atoms with Gasteiger partial charge in [0, 0.05) is 4.88 Å². The molecule has 1 N–H and O–H groups in total. The molecule has 0 aliphatic carbocycles. The average Bonchev–Trinajstić information content (AvgIpc) is 3.14. The van der Waals surface area contributed by atoms with Gasteiger partial charge < -0.3 is 5.32 Å². The molecule has 4 nitrogen and oxygen atoms in total. The first kappa shape index (κ1) is 15.7. The summed E-state index contributed by atoms with van der Waals surface area (Å²) in [5, 5.41) is 14.9. The number of aromatic nitrogens is 1. The highest BCUT2D eigenvalue weighted by atomic mass is 32.1. The van der Waals surface area contributed by atoms with Crippen molar-refractivity contribution in [1.82, 2.24) is 10.3 Å². The van der Waals surface area contributed by atoms with Crippen molar-refractivity contribution >= 4 is 28.6 Å². The second-order valence-electron chi connectivity index (χ2n) is 4.54. The molecular formula is C15H17N3OS2. The lowest BCUT2D eigenvalue weighted by molar-refractivity contribution is 0.0948. The number of aryl methyl sites for hydroxylation is 2. The molecule has 0 aromatic carbocycles. The normalized spacial score (nSPS) is 11.9. The van der Waals surface area contributed by atoms with Gasteiger partial charge in [0.15, 0.2) is 6.04 Å². The van der Waals surface area contributed by atoms with Crippen LogP contribution in [0.15, 0.2) is 17.5 Å². The highest BCUT2D eigenvalue weighted by molar-refractivity contribution is 7.13. The maximum Gasteiger partial charge on any atom is 0.264 e. The topological polar surface area (TPSA) is 65.8 Å². The molecule has 110 valence electrons. The Morgan fingerprint density at radius 3 is 2.90 bits per heavy atom. The van der Waals surface area contributed by atoms with E-state index >= 15 is 0 Å². The number of rotatable bonds is 6. The van der Waals surface area contributed by atoms with Gasteiger partial charge in [-0.1, -0.05) is 19.9 Å². The molecule has 0 saturated carbocycles. The molecule has 2 aromatic heterocycles. The zero-order chi connectivity index (χ0) is 15.2. The molecule has 0 fully saturated rings. The standard InChI is InChI=1S/C15H17N3OS2/c1-3-6-13-17-10(4-2)14(21-13)15(19)18-11(9-16)12-7-5-8-20-12/h5,7-8,11H,3-4,6H2,1-2H3,(H,18,19). The van der Waals surface area contributed by atoms with Crippen LogP contribution in [0.5, 0.6) is 0 Å². The molecule has 2 aromatic rings. The van der Waals surface area contributed by atoms with Gasteiger partial charge in [0.05, 0.1) is 16.8 Å². The van der Waals surface area contributed by atoms with Gasteiger partial charge in [-0.25, -0.2) is 4.98 Å². The van der Waals surface area contributed by atoms with E-state index in [0.717, 1.165) is 34.8 Å². The Labute approximate surface area is 132 Å². The summed E-state index contributed by atoms with van der Waals surface area (Å²) in [4.78, 5) is 18.4. The average molecular weight is 319 g/mol. The van der Waals surface area contributed by atoms with Gasteiger partial charge in [-0.3, -0.25) is 4.79 Å². The molecule has 1 unspecified atom stereocenters. The van der Waals surface area contributed by atoms with Gasteiger partial charge in [-0.05, 0) is 30.7 Å². The molecule has 0 aliphatic rings. The van der Waals surface area contributed by atoms with Gasteiger partial charge in [0.2, 0.25) is 0 Å². The quantitative estimate of drug-likeness (QED) is 0.882. The molecule has 0 saturated heterocycles. The fourth-order valence-corrected chi connectivity index (χ4v) is 3.83. The van der Waals surface area contributed by atoms with Crippen LogP contribution in [0.1, 0.15) is 51.6 Å². The summed E-state index contributed by atoms with van der Waals surface area (Å²) < 4.78 is 0. The van der Waals surface area contributed by atoms with Crippen LogP contribution >= 0.6 is 22.7 Å². The molecule has 1 amide bonds. The Hall–Kier alpha value is -1.71. The highest BCUT2D eigenvalue weighted by Gasteiger charge is 2.21. The minimum atomic E-state index is -0.598. The molecule has 2 rings (SSSR count). The van der Waals surface area contributed by atoms with Gasteiger partial charge in [0.25, 0.3) is 5.91 Å². The maximum absolute atomic E-state index is 12.4. The minimum absolute atomic E-state index is 0.202. The Morgan fingerprint density at radius 1 is 1.52 bits per heavy atom. The molecule has 0 bridgehead atoms. The molecule has 0 radical (unpaired) electrons. The van der Waals surface area contributed by atoms with Crippen molar-refractivity contribution in [1.29, 1.82) is 5.26 Å². The number of hydrogen-bond acceptors (Lipinski definition) is 5. The fraction of sp³-hybridized carbons (Fsp3) is 0.400. The van der Waals surface area contributed by atoms with Crippen molar-refractivity contribution < 1.29 is 4.79 Å². The molecular weight excluding hydrogens is 302 g/mol. The van der Waals surface area contributed by atoms with Crippen molar-refractivity contribution in [2.24, 2.45) is 0 Å². The maximum atomic E-state index is 12.4. The minimum Gasteiger partial charge on any atom is -0.331 e. The third-order valence-corrected chi connectivity index (χ3v) is 5.07. The Bertz CT molecular complexity index is 640. The van der Waals surface area contributed by atoms with Crippen molar-refractivity contribution in [3.63, 3.8) is 0 Å². The summed E-state index contributed by atoms with van der Waals surface area (Å²) >= 11 is 2.90. The molecule has 2 heterocycles. The number of nitrogens with one attached hydrogen (secondary N) is 1. The smallest absolute Gasteiger partial charge is 0.264 e. The molecule has 1 atom stereocenters. The summed E-state index contributed by atoms with van der Waals surface area (Å²) in [5.41, 5.74) is 0.823. The summed E-state index contributed by atoms with van der Waals surface area (Å²) in [6.45, 7) is 4.08. The van der Waals surface area contributed by atoms with E-state index in [1.165, 1.54) is 22.7 Å². The van der Waals surface area contributed by atoms with E-state index in [-0.39, 0.29) is 5.91 Å². The van der Waals surface area contributed by atoms with Gasteiger partial charge >= 0.3 is 0 Å². The predicted octanol–water partition coefficient (Wildman–Crippen LogP) is 3.71. The zero-order valence-electron chi connectivity index (χ0n) is 12.0. The summed E-state index contributed by atoms with van der Waals surface area (Å²) in [7, 11) is 0. The first-order chi connectivity index (χ1) is 10.2. The van der Waals surface area contributed by atoms with Crippen LogP contribution in [0.25, 0.3) is 0 Å². The van der Waals surface area contributed by atoms with Crippen molar-refractivity contribution in [3.8, 4) is 6.07 Å². The molecule has 0 aliphatic heterocycles. The monoisotopic (exact) mass is 319 g/mol. The van der Waals surface area contributed by atoms with Gasteiger partial charge in [-0.15, -0.1) is 22.7 Å². The lowest BCUT2D eigenvalue weighted by Crippen LogP contribution is -2.27. The zero-order valence-corrected chi connectivity index (χ0v) is 13.7. The van der Waals surface area contributed by atoms with Gasteiger partial charge in [0.1, 0.15) is 4.88 Å². The first-order valence-corrected chi connectivity index (χ1v) is 8.61. The van der Waals surface area contributed by atoms with Crippen LogP contribution in [0.4, 0.5) is 0 Å².